The molecule has 0 unspecified atom stereocenters. The Morgan fingerprint density at radius 1 is 1.07 bits per heavy atom. The number of halogens is 3. The second-order valence-electron chi connectivity index (χ2n) is 8.67. The maximum absolute atomic E-state index is 13.1. The van der Waals surface area contributed by atoms with Crippen molar-refractivity contribution in [1.29, 1.82) is 0 Å². The molecular formula is C21H27F3N2O2. The number of piperidine rings is 2. The van der Waals surface area contributed by atoms with Crippen molar-refractivity contribution in [2.75, 3.05) is 13.1 Å². The Labute approximate surface area is 163 Å². The summed E-state index contributed by atoms with van der Waals surface area (Å²) in [6.45, 7) is 1.96. The molecule has 0 aromatic heterocycles. The summed E-state index contributed by atoms with van der Waals surface area (Å²) in [5.74, 6) is 0.429. The maximum atomic E-state index is 13.1. The molecule has 0 saturated carbocycles. The van der Waals surface area contributed by atoms with Crippen molar-refractivity contribution in [2.45, 2.75) is 75.2 Å². The summed E-state index contributed by atoms with van der Waals surface area (Å²) in [7, 11) is 0. The molecular weight excluding hydrogens is 369 g/mol. The second-order valence-corrected chi connectivity index (χ2v) is 8.67. The molecule has 4 rings (SSSR count). The highest BCUT2D eigenvalue weighted by Crippen LogP contribution is 2.44. The lowest BCUT2D eigenvalue weighted by atomic mass is 9.85. The Balaban J connectivity index is 1.41. The number of fused-ring (bicyclic) bond motifs is 2. The molecule has 28 heavy (non-hydrogen) atoms. The van der Waals surface area contributed by atoms with Crippen LogP contribution < -0.4 is 0 Å². The van der Waals surface area contributed by atoms with E-state index in [0.717, 1.165) is 25.7 Å². The predicted molar refractivity (Wildman–Crippen MR) is 99.0 cm³/mol. The van der Waals surface area contributed by atoms with E-state index in [0.29, 0.717) is 5.92 Å². The van der Waals surface area contributed by atoms with Crippen LogP contribution >= 0.6 is 0 Å². The molecule has 1 aromatic carbocycles. The summed E-state index contributed by atoms with van der Waals surface area (Å²) in [5, 5.41) is 9.84. The highest BCUT2D eigenvalue weighted by atomic mass is 19.4. The maximum Gasteiger partial charge on any atom is 0.417 e. The van der Waals surface area contributed by atoms with E-state index in [1.54, 1.807) is 0 Å². The van der Waals surface area contributed by atoms with Gasteiger partial charge in [0.15, 0.2) is 5.60 Å². The van der Waals surface area contributed by atoms with E-state index in [1.807, 2.05) is 4.90 Å². The van der Waals surface area contributed by atoms with Gasteiger partial charge < -0.3 is 14.9 Å². The first-order valence-corrected chi connectivity index (χ1v) is 10.1. The predicted octanol–water partition coefficient (Wildman–Crippen LogP) is 4.21. The third-order valence-corrected chi connectivity index (χ3v) is 6.89. The second kappa shape index (κ2) is 6.94. The van der Waals surface area contributed by atoms with E-state index in [4.69, 9.17) is 0 Å². The van der Waals surface area contributed by atoms with Crippen LogP contribution in [0, 0.1) is 6.92 Å². The summed E-state index contributed by atoms with van der Waals surface area (Å²) in [5.41, 5.74) is -0.132. The number of aryl methyl sites for hydroxylation is 1. The summed E-state index contributed by atoms with van der Waals surface area (Å²) in [6, 6.07) is 8.72. The minimum absolute atomic E-state index is 0.0494. The zero-order valence-electron chi connectivity index (χ0n) is 16.1. The molecule has 3 heterocycles. The number of likely N-dealkylation sites (tertiary alicyclic amines) is 1. The van der Waals surface area contributed by atoms with E-state index < -0.39 is 24.6 Å². The zero-order valence-corrected chi connectivity index (χ0v) is 16.1. The summed E-state index contributed by atoms with van der Waals surface area (Å²) >= 11 is 0. The minimum Gasteiger partial charge on any atom is -0.380 e. The highest BCUT2D eigenvalue weighted by molar-refractivity contribution is 5.76. The number of carbonyl (C=O) groups excluding carboxylic acids is 1. The number of nitrogens with zero attached hydrogens (tertiary/aromatic N) is 2. The molecule has 2 bridgehead atoms. The fourth-order valence-electron chi connectivity index (χ4n) is 5.11. The van der Waals surface area contributed by atoms with Gasteiger partial charge in [0.2, 0.25) is 0 Å². The van der Waals surface area contributed by atoms with Gasteiger partial charge in [0, 0.05) is 38.0 Å². The van der Waals surface area contributed by atoms with Gasteiger partial charge in [-0.25, -0.2) is 4.79 Å². The highest BCUT2D eigenvalue weighted by Gasteiger charge is 2.55. The third kappa shape index (κ3) is 3.38. The first-order valence-electron chi connectivity index (χ1n) is 10.1. The van der Waals surface area contributed by atoms with Crippen LogP contribution in [-0.4, -0.2) is 57.9 Å². The molecule has 1 N–H and O–H groups in total. The Kier molecular flexibility index (Phi) is 4.84. The lowest BCUT2D eigenvalue weighted by molar-refractivity contribution is -0.271. The fraction of sp³-hybridized carbons (Fsp3) is 0.667. The summed E-state index contributed by atoms with van der Waals surface area (Å²) in [6.07, 6.45) is -1.81. The molecule has 7 heteroatoms. The number of benzene rings is 1. The number of alkyl halides is 3. The molecule has 0 spiro atoms. The van der Waals surface area contributed by atoms with Gasteiger partial charge in [0.1, 0.15) is 0 Å². The summed E-state index contributed by atoms with van der Waals surface area (Å²) < 4.78 is 39.0. The van der Waals surface area contributed by atoms with Crippen LogP contribution in [0.4, 0.5) is 18.0 Å². The molecule has 3 aliphatic rings. The van der Waals surface area contributed by atoms with Gasteiger partial charge in [-0.3, -0.25) is 0 Å². The Hall–Kier alpha value is -1.76. The first-order chi connectivity index (χ1) is 13.2. The van der Waals surface area contributed by atoms with Crippen LogP contribution in [0.3, 0.4) is 0 Å². The molecule has 3 atom stereocenters. The van der Waals surface area contributed by atoms with Crippen LogP contribution in [0.25, 0.3) is 0 Å². The van der Waals surface area contributed by atoms with E-state index in [9.17, 15) is 23.1 Å². The molecule has 1 aromatic rings. The molecule has 3 saturated heterocycles. The topological polar surface area (TPSA) is 43.8 Å². The van der Waals surface area contributed by atoms with Gasteiger partial charge in [-0.15, -0.1) is 0 Å². The first kappa shape index (κ1) is 19.6. The number of hydrogen-bond donors (Lipinski definition) is 1. The molecule has 3 aliphatic heterocycles. The van der Waals surface area contributed by atoms with Crippen molar-refractivity contribution in [1.82, 2.24) is 9.80 Å². The van der Waals surface area contributed by atoms with Gasteiger partial charge in [-0.1, -0.05) is 29.8 Å². The largest absolute Gasteiger partial charge is 0.417 e. The Bertz CT molecular complexity index is 712. The van der Waals surface area contributed by atoms with E-state index in [2.05, 4.69) is 31.2 Å². The van der Waals surface area contributed by atoms with Crippen molar-refractivity contribution in [2.24, 2.45) is 0 Å². The Morgan fingerprint density at radius 2 is 1.61 bits per heavy atom. The molecule has 3 fully saturated rings. The average molecular weight is 396 g/mol. The van der Waals surface area contributed by atoms with E-state index in [1.165, 1.54) is 16.0 Å². The number of aliphatic hydroxyl groups is 1. The lowest BCUT2D eigenvalue weighted by Crippen LogP contribution is -2.58. The molecule has 2 amide bonds. The van der Waals surface area contributed by atoms with Crippen molar-refractivity contribution < 1.29 is 23.1 Å². The van der Waals surface area contributed by atoms with Gasteiger partial charge in [0.25, 0.3) is 0 Å². The number of urea groups is 1. The van der Waals surface area contributed by atoms with Crippen molar-refractivity contribution in [3.05, 3.63) is 35.4 Å². The lowest BCUT2D eigenvalue weighted by Gasteiger charge is -2.44. The zero-order chi connectivity index (χ0) is 20.1. The van der Waals surface area contributed by atoms with Gasteiger partial charge in [-0.2, -0.15) is 13.2 Å². The van der Waals surface area contributed by atoms with Gasteiger partial charge in [-0.05, 0) is 44.1 Å². The van der Waals surface area contributed by atoms with Crippen molar-refractivity contribution in [3.63, 3.8) is 0 Å². The summed E-state index contributed by atoms with van der Waals surface area (Å²) in [4.78, 5) is 16.5. The Morgan fingerprint density at radius 3 is 2.11 bits per heavy atom. The minimum atomic E-state index is -4.65. The molecule has 0 aliphatic carbocycles. The number of hydrogen-bond acceptors (Lipinski definition) is 2. The fourth-order valence-corrected chi connectivity index (χ4v) is 5.11. The third-order valence-electron chi connectivity index (χ3n) is 6.89. The molecule has 4 nitrogen and oxygen atoms in total. The van der Waals surface area contributed by atoms with Crippen molar-refractivity contribution in [3.8, 4) is 0 Å². The monoisotopic (exact) mass is 396 g/mol. The molecule has 154 valence electrons. The van der Waals surface area contributed by atoms with Crippen molar-refractivity contribution >= 4 is 6.03 Å². The van der Waals surface area contributed by atoms with Crippen LogP contribution in [0.1, 0.15) is 55.6 Å². The number of rotatable bonds is 1. The van der Waals surface area contributed by atoms with Crippen LogP contribution in [0.5, 0.6) is 0 Å². The number of amides is 2. The normalized spacial score (nSPS) is 29.8. The smallest absolute Gasteiger partial charge is 0.380 e. The average Bonchev–Trinajstić information content (AvgIpc) is 2.91. The van der Waals surface area contributed by atoms with Gasteiger partial charge >= 0.3 is 12.2 Å². The van der Waals surface area contributed by atoms with E-state index >= 15 is 0 Å². The van der Waals surface area contributed by atoms with Crippen LogP contribution in [0.2, 0.25) is 0 Å². The van der Waals surface area contributed by atoms with Crippen LogP contribution in [0.15, 0.2) is 24.3 Å². The number of carbonyl (C=O) groups is 1. The van der Waals surface area contributed by atoms with E-state index in [-0.39, 0.29) is 31.2 Å². The SMILES string of the molecule is Cc1ccc([C@H]2C[C@H]3CC[C@@H](C2)N3C(=O)N2CCC(O)(C(F)(F)F)CC2)cc1. The molecule has 0 radical (unpaired) electrons. The van der Waals surface area contributed by atoms with Crippen LogP contribution in [-0.2, 0) is 0 Å². The van der Waals surface area contributed by atoms with Gasteiger partial charge in [0.05, 0.1) is 0 Å². The quantitative estimate of drug-likeness (QED) is 0.773. The standard InChI is InChI=1S/C21H27F3N2O2/c1-14-2-4-15(5-3-14)16-12-17-6-7-18(13-16)26(17)19(27)25-10-8-20(28,9-11-25)21(22,23)24/h2-5,16-18,28H,6-13H2,1H3/t16-,17+,18-.